The molecule has 2 aromatic rings. The van der Waals surface area contributed by atoms with Crippen LogP contribution in [0.2, 0.25) is 0 Å². The van der Waals surface area contributed by atoms with Gasteiger partial charge in [0.2, 0.25) is 7.58 Å². The van der Waals surface area contributed by atoms with Crippen LogP contribution in [0, 0.1) is 0 Å². The first-order valence-corrected chi connectivity index (χ1v) is 13.8. The number of hydrogen-bond donors (Lipinski definition) is 3. The highest BCUT2D eigenvalue weighted by Crippen LogP contribution is 2.47. The molecule has 11 nitrogen and oxygen atoms in total. The Balaban J connectivity index is 1.80. The SMILES string of the molecule is COP(S)OCC(F)(F)Cn1c(COP(O)(=S)O[C@H]2COC[C@H]2F)nc2c(N)ncnc21. The molecule has 2 unspecified atom stereocenters. The van der Waals surface area contributed by atoms with Gasteiger partial charge in [-0.05, 0) is 11.8 Å². The molecule has 3 rings (SSSR count). The lowest BCUT2D eigenvalue weighted by Crippen LogP contribution is -2.30. The van der Waals surface area contributed by atoms with Crippen molar-refractivity contribution < 1.29 is 40.9 Å². The Morgan fingerprint density at radius 2 is 2.22 bits per heavy atom. The maximum atomic E-state index is 14.6. The van der Waals surface area contributed by atoms with Crippen LogP contribution in [-0.4, -0.2) is 69.5 Å². The van der Waals surface area contributed by atoms with Crippen LogP contribution in [-0.2, 0) is 47.8 Å². The summed E-state index contributed by atoms with van der Waals surface area (Å²) in [5.41, 5.74) is 5.84. The molecular formula is C14H20F3N5O6P2S2. The standard InChI is InChI=1S/C14H20F3N5O6P2S2/c1-24-29(31)26-6-14(16,17)5-22-10(21-11-12(18)19-7-20-13(11)22)4-27-30(23,32)28-9-3-25-2-8(9)15/h7-9,31H,2-6H2,1H3,(H,23,32)(H2,18,19,20)/t8-,9+,29?,30?/m1/s1. The van der Waals surface area contributed by atoms with Gasteiger partial charge in [0.25, 0.3) is 5.92 Å². The summed E-state index contributed by atoms with van der Waals surface area (Å²) in [5, 5.41) is 0. The van der Waals surface area contributed by atoms with E-state index in [0.29, 0.717) is 0 Å². The summed E-state index contributed by atoms with van der Waals surface area (Å²) in [5.74, 6) is -3.52. The zero-order valence-corrected chi connectivity index (χ0v) is 20.0. The van der Waals surface area contributed by atoms with Gasteiger partial charge in [0.05, 0.1) is 19.8 Å². The molecule has 3 heterocycles. The number of fused-ring (bicyclic) bond motifs is 1. The van der Waals surface area contributed by atoms with Crippen molar-refractivity contribution in [1.82, 2.24) is 19.5 Å². The van der Waals surface area contributed by atoms with E-state index in [9.17, 15) is 18.1 Å². The highest BCUT2D eigenvalue weighted by Gasteiger charge is 2.36. The first-order chi connectivity index (χ1) is 15.0. The number of imidazole rings is 1. The van der Waals surface area contributed by atoms with Crippen LogP contribution >= 0.6 is 26.5 Å². The zero-order chi connectivity index (χ0) is 23.5. The molecule has 0 bridgehead atoms. The lowest BCUT2D eigenvalue weighted by atomic mass is 10.3. The largest absolute Gasteiger partial charge is 0.382 e. The molecule has 0 saturated carbocycles. The van der Waals surface area contributed by atoms with Gasteiger partial charge >= 0.3 is 6.72 Å². The normalized spacial score (nSPS) is 22.3. The second-order valence-electron chi connectivity index (χ2n) is 6.53. The molecule has 2 aromatic heterocycles. The number of nitrogens with zero attached hydrogens (tertiary/aromatic N) is 4. The summed E-state index contributed by atoms with van der Waals surface area (Å²) in [6.07, 6.45) is -1.48. The Morgan fingerprint density at radius 1 is 1.47 bits per heavy atom. The number of nitrogen functional groups attached to an aromatic ring is 1. The number of halogens is 3. The number of ether oxygens (including phenoxy) is 1. The highest BCUT2D eigenvalue weighted by atomic mass is 32.7. The Morgan fingerprint density at radius 3 is 2.88 bits per heavy atom. The predicted molar refractivity (Wildman–Crippen MR) is 115 cm³/mol. The second kappa shape index (κ2) is 10.7. The van der Waals surface area contributed by atoms with Crippen molar-refractivity contribution in [2.45, 2.75) is 31.3 Å². The first kappa shape index (κ1) is 25.9. The fraction of sp³-hybridized carbons (Fsp3) is 0.643. The molecule has 1 fully saturated rings. The minimum absolute atomic E-state index is 0.0100. The van der Waals surface area contributed by atoms with Crippen molar-refractivity contribution >= 4 is 55.3 Å². The third-order valence-corrected chi connectivity index (χ3v) is 7.22. The maximum Gasteiger partial charge on any atom is 0.325 e. The molecule has 0 amide bonds. The Hall–Kier alpha value is -0.670. The van der Waals surface area contributed by atoms with Gasteiger partial charge in [-0.3, -0.25) is 4.52 Å². The number of hydrogen-bond acceptors (Lipinski definition) is 11. The topological polar surface area (TPSA) is 136 Å². The number of nitrogens with two attached hydrogens (primary N) is 1. The minimum atomic E-state index is -3.94. The van der Waals surface area contributed by atoms with Gasteiger partial charge in [-0.25, -0.2) is 28.1 Å². The van der Waals surface area contributed by atoms with Gasteiger partial charge in [-0.15, -0.1) is 0 Å². The summed E-state index contributed by atoms with van der Waals surface area (Å²) in [6.45, 7) is -6.69. The summed E-state index contributed by atoms with van der Waals surface area (Å²) < 4.78 is 68.7. The molecule has 0 spiro atoms. The van der Waals surface area contributed by atoms with E-state index in [0.717, 1.165) is 10.9 Å². The Labute approximate surface area is 192 Å². The average molecular weight is 537 g/mol. The van der Waals surface area contributed by atoms with Crippen molar-refractivity contribution in [2.24, 2.45) is 0 Å². The fourth-order valence-corrected chi connectivity index (χ4v) is 4.64. The van der Waals surface area contributed by atoms with Gasteiger partial charge in [-0.2, -0.15) is 0 Å². The Bertz CT molecular complexity index is 992. The van der Waals surface area contributed by atoms with Crippen molar-refractivity contribution in [1.29, 1.82) is 0 Å². The molecule has 1 aliphatic heterocycles. The summed E-state index contributed by atoms with van der Waals surface area (Å²) in [6, 6.07) is 0. The van der Waals surface area contributed by atoms with Crippen LogP contribution in [0.3, 0.4) is 0 Å². The lowest BCUT2D eigenvalue weighted by Gasteiger charge is -2.22. The molecule has 18 heteroatoms. The van der Waals surface area contributed by atoms with Crippen LogP contribution < -0.4 is 5.73 Å². The van der Waals surface area contributed by atoms with Crippen molar-refractivity contribution in [3.8, 4) is 0 Å². The molecule has 3 N–H and O–H groups in total. The van der Waals surface area contributed by atoms with E-state index in [4.69, 9.17) is 40.4 Å². The minimum Gasteiger partial charge on any atom is -0.382 e. The van der Waals surface area contributed by atoms with Gasteiger partial charge in [0, 0.05) is 7.11 Å². The monoisotopic (exact) mass is 537 g/mol. The molecule has 180 valence electrons. The Kier molecular flexibility index (Phi) is 8.69. The van der Waals surface area contributed by atoms with E-state index in [-0.39, 0.29) is 36.0 Å². The molecule has 1 aliphatic rings. The molecule has 32 heavy (non-hydrogen) atoms. The van der Waals surface area contributed by atoms with Crippen molar-refractivity contribution in [3.63, 3.8) is 0 Å². The fourth-order valence-electron chi connectivity index (χ4n) is 2.70. The van der Waals surface area contributed by atoms with Crippen LogP contribution in [0.4, 0.5) is 19.0 Å². The number of thiol groups is 1. The number of rotatable bonds is 11. The van der Waals surface area contributed by atoms with Crippen LogP contribution in [0.5, 0.6) is 0 Å². The molecule has 0 aromatic carbocycles. The van der Waals surface area contributed by atoms with E-state index < -0.39 is 52.3 Å². The number of aromatic nitrogens is 4. The summed E-state index contributed by atoms with van der Waals surface area (Å²) >= 11 is 8.79. The predicted octanol–water partition coefficient (Wildman–Crippen LogP) is 2.35. The third kappa shape index (κ3) is 6.69. The van der Waals surface area contributed by atoms with Crippen molar-refractivity contribution in [3.05, 3.63) is 12.2 Å². The molecule has 1 saturated heterocycles. The molecule has 0 aliphatic carbocycles. The van der Waals surface area contributed by atoms with E-state index in [1.165, 1.54) is 7.11 Å². The number of anilines is 1. The van der Waals surface area contributed by atoms with Gasteiger partial charge < -0.3 is 33.5 Å². The van der Waals surface area contributed by atoms with E-state index in [2.05, 4.69) is 27.2 Å². The maximum absolute atomic E-state index is 14.6. The smallest absolute Gasteiger partial charge is 0.325 e. The number of alkyl halides is 3. The quantitative estimate of drug-likeness (QED) is 0.288. The van der Waals surface area contributed by atoms with Crippen LogP contribution in [0.25, 0.3) is 11.2 Å². The molecular weight excluding hydrogens is 517 g/mol. The third-order valence-electron chi connectivity index (χ3n) is 4.16. The zero-order valence-electron chi connectivity index (χ0n) is 16.5. The average Bonchev–Trinajstić information content (AvgIpc) is 3.28. The van der Waals surface area contributed by atoms with Crippen LogP contribution in [0.1, 0.15) is 5.82 Å². The van der Waals surface area contributed by atoms with Gasteiger partial charge in [0.15, 0.2) is 23.2 Å². The van der Waals surface area contributed by atoms with E-state index >= 15 is 0 Å². The van der Waals surface area contributed by atoms with Gasteiger partial charge in [0.1, 0.15) is 31.5 Å². The summed E-state index contributed by atoms with van der Waals surface area (Å²) in [7, 11) is -0.490. The van der Waals surface area contributed by atoms with Gasteiger partial charge in [-0.1, -0.05) is 12.2 Å². The lowest BCUT2D eigenvalue weighted by molar-refractivity contribution is -0.0539. The first-order valence-electron chi connectivity index (χ1n) is 8.88. The van der Waals surface area contributed by atoms with E-state index in [1.807, 2.05) is 0 Å². The summed E-state index contributed by atoms with van der Waals surface area (Å²) in [4.78, 5) is 22.2. The molecule has 4 atom stereocenters. The highest BCUT2D eigenvalue weighted by molar-refractivity contribution is 8.41. The second-order valence-corrected chi connectivity index (χ2v) is 11.4. The van der Waals surface area contributed by atoms with Crippen LogP contribution in [0.15, 0.2) is 6.33 Å². The molecule has 0 radical (unpaired) electrons. The van der Waals surface area contributed by atoms with E-state index in [1.54, 1.807) is 0 Å². The van der Waals surface area contributed by atoms with Crippen molar-refractivity contribution in [2.75, 3.05) is 32.7 Å².